The van der Waals surface area contributed by atoms with E-state index in [9.17, 15) is 0 Å². The summed E-state index contributed by atoms with van der Waals surface area (Å²) in [6.07, 6.45) is 7.24. The van der Waals surface area contributed by atoms with Crippen LogP contribution >= 0.6 is 0 Å². The minimum absolute atomic E-state index is 0.762. The fourth-order valence-corrected chi connectivity index (χ4v) is 2.84. The molecule has 3 aliphatic rings. The smallest absolute Gasteiger partial charge is 0.0486 e. The van der Waals surface area contributed by atoms with Crippen LogP contribution in [0.1, 0.15) is 18.9 Å². The van der Waals surface area contributed by atoms with Gasteiger partial charge in [-0.05, 0) is 44.0 Å². The Bertz CT molecular complexity index is 270. The van der Waals surface area contributed by atoms with E-state index in [1.54, 1.807) is 0 Å². The van der Waals surface area contributed by atoms with Crippen molar-refractivity contribution in [1.82, 2.24) is 9.47 Å². The highest BCUT2D eigenvalue weighted by molar-refractivity contribution is 4.98. The molecule has 0 aromatic carbocycles. The maximum Gasteiger partial charge on any atom is 0.0486 e. The molecule has 0 aliphatic carbocycles. The maximum atomic E-state index is 2.60. The normalized spacial score (nSPS) is 38.0. The Balaban J connectivity index is 1.85. The van der Waals surface area contributed by atoms with E-state index >= 15 is 0 Å². The van der Waals surface area contributed by atoms with Crippen molar-refractivity contribution in [2.45, 2.75) is 18.9 Å². The summed E-state index contributed by atoms with van der Waals surface area (Å²) in [5, 5.41) is 0. The van der Waals surface area contributed by atoms with E-state index in [2.05, 4.69) is 34.0 Å². The lowest BCUT2D eigenvalue weighted by Crippen LogP contribution is -2.47. The third-order valence-corrected chi connectivity index (χ3v) is 3.63. The maximum absolute atomic E-state index is 2.60. The van der Waals surface area contributed by atoms with Crippen molar-refractivity contribution in [3.63, 3.8) is 0 Å². The molecule has 4 rings (SSSR count). The van der Waals surface area contributed by atoms with Crippen LogP contribution in [0.25, 0.3) is 0 Å². The molecule has 0 spiro atoms. The van der Waals surface area contributed by atoms with Crippen molar-refractivity contribution in [2.24, 2.45) is 5.92 Å². The van der Waals surface area contributed by atoms with Gasteiger partial charge in [-0.25, -0.2) is 0 Å². The minimum atomic E-state index is 0.762. The van der Waals surface area contributed by atoms with Crippen LogP contribution in [0.3, 0.4) is 0 Å². The Morgan fingerprint density at radius 2 is 1.69 bits per heavy atom. The zero-order chi connectivity index (χ0) is 8.67. The fraction of sp³-hybridized carbons (Fsp3) is 0.636. The van der Waals surface area contributed by atoms with Crippen molar-refractivity contribution >= 4 is 0 Å². The fourth-order valence-electron chi connectivity index (χ4n) is 2.84. The largest absolute Gasteiger partial charge is 0.350 e. The molecule has 0 saturated carbocycles. The van der Waals surface area contributed by atoms with Crippen molar-refractivity contribution < 1.29 is 0 Å². The first-order valence-electron chi connectivity index (χ1n) is 5.28. The van der Waals surface area contributed by atoms with Gasteiger partial charge in [-0.15, -0.1) is 0 Å². The van der Waals surface area contributed by atoms with Gasteiger partial charge in [0.1, 0.15) is 0 Å². The molecule has 3 aliphatic heterocycles. The topological polar surface area (TPSA) is 8.17 Å². The molecule has 3 fully saturated rings. The van der Waals surface area contributed by atoms with E-state index in [-0.39, 0.29) is 0 Å². The molecule has 1 aromatic rings. The van der Waals surface area contributed by atoms with Crippen molar-refractivity contribution in [1.29, 1.82) is 0 Å². The second-order valence-electron chi connectivity index (χ2n) is 4.34. The van der Waals surface area contributed by atoms with Gasteiger partial charge in [0.15, 0.2) is 0 Å². The van der Waals surface area contributed by atoms with E-state index < -0.39 is 0 Å². The highest BCUT2D eigenvalue weighted by atomic mass is 15.2. The zero-order valence-corrected chi connectivity index (χ0v) is 7.89. The molecule has 1 unspecified atom stereocenters. The first kappa shape index (κ1) is 7.63. The molecular formula is C11H16N2. The second-order valence-corrected chi connectivity index (χ2v) is 4.34. The van der Waals surface area contributed by atoms with E-state index in [0.717, 1.165) is 12.0 Å². The molecule has 2 bridgehead atoms. The molecule has 0 amide bonds. The van der Waals surface area contributed by atoms with Gasteiger partial charge in [0.25, 0.3) is 0 Å². The molecule has 13 heavy (non-hydrogen) atoms. The summed E-state index contributed by atoms with van der Waals surface area (Å²) < 4.78 is 2.40. The highest BCUT2D eigenvalue weighted by Crippen LogP contribution is 2.35. The van der Waals surface area contributed by atoms with Gasteiger partial charge >= 0.3 is 0 Å². The van der Waals surface area contributed by atoms with Crippen molar-refractivity contribution in [2.75, 3.05) is 19.6 Å². The second kappa shape index (κ2) is 2.88. The average Bonchev–Trinajstić information content (AvgIpc) is 2.72. The lowest BCUT2D eigenvalue weighted by atomic mass is 9.84. The van der Waals surface area contributed by atoms with Crippen molar-refractivity contribution in [3.8, 4) is 0 Å². The van der Waals surface area contributed by atoms with Crippen LogP contribution in [-0.2, 0) is 0 Å². The summed E-state index contributed by atoms with van der Waals surface area (Å²) in [6.45, 7) is 3.95. The van der Waals surface area contributed by atoms with Crippen LogP contribution in [0.15, 0.2) is 24.5 Å². The lowest BCUT2D eigenvalue weighted by molar-refractivity contribution is 0.0572. The van der Waals surface area contributed by atoms with Crippen molar-refractivity contribution in [3.05, 3.63) is 24.5 Å². The first-order chi connectivity index (χ1) is 6.43. The molecule has 1 atom stereocenters. The van der Waals surface area contributed by atoms with Gasteiger partial charge < -0.3 is 9.47 Å². The summed E-state index contributed by atoms with van der Waals surface area (Å²) in [5.41, 5.74) is 0. The van der Waals surface area contributed by atoms with E-state index in [4.69, 9.17) is 0 Å². The van der Waals surface area contributed by atoms with Gasteiger partial charge in [0.2, 0.25) is 0 Å². The number of fused-ring (bicyclic) bond motifs is 3. The van der Waals surface area contributed by atoms with Gasteiger partial charge in [-0.2, -0.15) is 0 Å². The molecule has 0 N–H and O–H groups in total. The zero-order valence-electron chi connectivity index (χ0n) is 7.89. The van der Waals surface area contributed by atoms with Gasteiger partial charge in [0.05, 0.1) is 0 Å². The first-order valence-corrected chi connectivity index (χ1v) is 5.28. The van der Waals surface area contributed by atoms with E-state index in [0.29, 0.717) is 0 Å². The number of aromatic nitrogens is 1. The Labute approximate surface area is 79.2 Å². The number of nitrogens with zero attached hydrogens (tertiary/aromatic N) is 2. The molecular weight excluding hydrogens is 160 g/mol. The van der Waals surface area contributed by atoms with E-state index in [1.807, 2.05) is 0 Å². The van der Waals surface area contributed by atoms with Crippen LogP contribution in [0.5, 0.6) is 0 Å². The molecule has 2 heteroatoms. The molecule has 70 valence electrons. The standard InChI is InChI=1S/C11H16N2/c1-2-6-13(5-1)11-9-12-7-3-10(11)4-8-12/h1-2,5-6,10-11H,3-4,7-9H2. The lowest BCUT2D eigenvalue weighted by Gasteiger charge is -2.45. The molecule has 2 nitrogen and oxygen atoms in total. The van der Waals surface area contributed by atoms with Gasteiger partial charge in [0, 0.05) is 25.0 Å². The number of hydrogen-bond donors (Lipinski definition) is 0. The third-order valence-electron chi connectivity index (χ3n) is 3.63. The number of rotatable bonds is 1. The Hall–Kier alpha value is -0.760. The van der Waals surface area contributed by atoms with Crippen LogP contribution in [0.2, 0.25) is 0 Å². The Morgan fingerprint density at radius 1 is 1.00 bits per heavy atom. The Morgan fingerprint density at radius 3 is 2.23 bits per heavy atom. The van der Waals surface area contributed by atoms with Gasteiger partial charge in [-0.1, -0.05) is 0 Å². The SMILES string of the molecule is c1ccn(C2CN3CCC2CC3)c1. The summed E-state index contributed by atoms with van der Waals surface area (Å²) in [7, 11) is 0. The minimum Gasteiger partial charge on any atom is -0.350 e. The number of hydrogen-bond acceptors (Lipinski definition) is 1. The average molecular weight is 176 g/mol. The van der Waals surface area contributed by atoms with E-state index in [1.165, 1.54) is 32.5 Å². The molecule has 4 heterocycles. The predicted molar refractivity (Wildman–Crippen MR) is 52.6 cm³/mol. The van der Waals surface area contributed by atoms with Crippen LogP contribution in [0.4, 0.5) is 0 Å². The summed E-state index contributed by atoms with van der Waals surface area (Å²) >= 11 is 0. The molecule has 0 radical (unpaired) electrons. The quantitative estimate of drug-likeness (QED) is 0.633. The molecule has 3 saturated heterocycles. The molecule has 1 aromatic heterocycles. The Kier molecular flexibility index (Phi) is 1.69. The monoisotopic (exact) mass is 176 g/mol. The highest BCUT2D eigenvalue weighted by Gasteiger charge is 2.34. The van der Waals surface area contributed by atoms with Gasteiger partial charge in [-0.3, -0.25) is 0 Å². The van der Waals surface area contributed by atoms with Crippen LogP contribution < -0.4 is 0 Å². The predicted octanol–water partition coefficient (Wildman–Crippen LogP) is 1.75. The summed E-state index contributed by atoms with van der Waals surface area (Å²) in [5.74, 6) is 0.942. The number of piperidine rings is 3. The summed E-state index contributed by atoms with van der Waals surface area (Å²) in [4.78, 5) is 2.60. The third kappa shape index (κ3) is 1.20. The van der Waals surface area contributed by atoms with Crippen LogP contribution in [-0.4, -0.2) is 29.1 Å². The van der Waals surface area contributed by atoms with Crippen LogP contribution in [0, 0.1) is 5.92 Å². The summed E-state index contributed by atoms with van der Waals surface area (Å²) in [6, 6.07) is 5.03.